The van der Waals surface area contributed by atoms with Crippen LogP contribution in [-0.4, -0.2) is 18.5 Å². The number of nitrogens with one attached hydrogen (secondary N) is 1. The van der Waals surface area contributed by atoms with Gasteiger partial charge in [0.2, 0.25) is 0 Å². The maximum absolute atomic E-state index is 12.0. The molecule has 0 saturated carbocycles. The van der Waals surface area contributed by atoms with Gasteiger partial charge in [0, 0.05) is 16.3 Å². The van der Waals surface area contributed by atoms with Gasteiger partial charge in [-0.15, -0.1) is 11.3 Å². The number of amides is 1. The highest BCUT2D eigenvalue weighted by Crippen LogP contribution is 2.25. The quantitative estimate of drug-likeness (QED) is 0.700. The molecule has 0 aliphatic heterocycles. The summed E-state index contributed by atoms with van der Waals surface area (Å²) in [5.41, 5.74) is 0.809. The molecule has 1 N–H and O–H groups in total. The van der Waals surface area contributed by atoms with E-state index in [4.69, 9.17) is 16.3 Å². The van der Waals surface area contributed by atoms with Crippen LogP contribution in [0, 0.1) is 0 Å². The smallest absolute Gasteiger partial charge is 0.348 e. The van der Waals surface area contributed by atoms with E-state index in [-0.39, 0.29) is 12.5 Å². The Kier molecular flexibility index (Phi) is 5.13. The lowest BCUT2D eigenvalue weighted by atomic mass is 10.2. The second-order valence-corrected chi connectivity index (χ2v) is 6.58. The predicted octanol–water partition coefficient (Wildman–Crippen LogP) is 4.03. The van der Waals surface area contributed by atoms with Crippen molar-refractivity contribution in [3.63, 3.8) is 0 Å². The molecule has 0 atom stereocenters. The maximum Gasteiger partial charge on any atom is 0.348 e. The van der Waals surface area contributed by atoms with E-state index in [2.05, 4.69) is 5.32 Å². The highest BCUT2D eigenvalue weighted by molar-refractivity contribution is 7.20. The first-order valence-corrected chi connectivity index (χ1v) is 8.49. The van der Waals surface area contributed by atoms with E-state index in [0.29, 0.717) is 16.4 Å². The van der Waals surface area contributed by atoms with Crippen molar-refractivity contribution < 1.29 is 14.3 Å². The molecule has 1 heterocycles. The van der Waals surface area contributed by atoms with Gasteiger partial charge in [0.1, 0.15) is 4.88 Å². The molecule has 1 amide bonds. The van der Waals surface area contributed by atoms with Gasteiger partial charge in [-0.25, -0.2) is 4.79 Å². The first kappa shape index (κ1) is 16.5. The zero-order valence-electron chi connectivity index (χ0n) is 12.6. The zero-order valence-corrected chi connectivity index (χ0v) is 14.2. The van der Waals surface area contributed by atoms with E-state index in [1.54, 1.807) is 12.1 Å². The number of carbonyl (C=O) groups is 2. The minimum atomic E-state index is -0.496. The molecule has 6 heteroatoms. The lowest BCUT2D eigenvalue weighted by molar-refractivity contribution is -0.124. The van der Waals surface area contributed by atoms with Crippen molar-refractivity contribution in [2.45, 2.75) is 6.54 Å². The van der Waals surface area contributed by atoms with E-state index in [1.165, 1.54) is 11.3 Å². The third-order valence-electron chi connectivity index (χ3n) is 3.39. The fourth-order valence-electron chi connectivity index (χ4n) is 2.17. The molecule has 0 bridgehead atoms. The predicted molar refractivity (Wildman–Crippen MR) is 95.4 cm³/mol. The summed E-state index contributed by atoms with van der Waals surface area (Å²) in [6.07, 6.45) is 0. The van der Waals surface area contributed by atoms with Crippen LogP contribution in [0.1, 0.15) is 15.2 Å². The number of hydrogen-bond acceptors (Lipinski definition) is 4. The molecule has 3 aromatic rings. The van der Waals surface area contributed by atoms with Gasteiger partial charge >= 0.3 is 5.97 Å². The van der Waals surface area contributed by atoms with Crippen LogP contribution in [0.3, 0.4) is 0 Å². The van der Waals surface area contributed by atoms with Crippen molar-refractivity contribution in [2.24, 2.45) is 0 Å². The van der Waals surface area contributed by atoms with Gasteiger partial charge in [0.25, 0.3) is 5.91 Å². The molecule has 0 aliphatic rings. The van der Waals surface area contributed by atoms with Crippen LogP contribution in [0.25, 0.3) is 10.1 Å². The first-order chi connectivity index (χ1) is 11.6. The van der Waals surface area contributed by atoms with Crippen molar-refractivity contribution in [2.75, 3.05) is 6.61 Å². The van der Waals surface area contributed by atoms with E-state index >= 15 is 0 Å². The van der Waals surface area contributed by atoms with Crippen LogP contribution in [0.15, 0.2) is 54.6 Å². The van der Waals surface area contributed by atoms with Crippen molar-refractivity contribution in [1.82, 2.24) is 5.32 Å². The molecule has 3 rings (SSSR count). The second-order valence-electron chi connectivity index (χ2n) is 5.09. The Morgan fingerprint density at radius 3 is 2.62 bits per heavy atom. The van der Waals surface area contributed by atoms with Crippen molar-refractivity contribution in [1.29, 1.82) is 0 Å². The van der Waals surface area contributed by atoms with Crippen LogP contribution in [0.5, 0.6) is 0 Å². The number of hydrogen-bond donors (Lipinski definition) is 1. The van der Waals surface area contributed by atoms with E-state index in [9.17, 15) is 9.59 Å². The number of esters is 1. The summed E-state index contributed by atoms with van der Waals surface area (Å²) < 4.78 is 6.07. The van der Waals surface area contributed by atoms with Gasteiger partial charge in [0.15, 0.2) is 6.61 Å². The van der Waals surface area contributed by atoms with Crippen LogP contribution in [0.2, 0.25) is 5.02 Å². The van der Waals surface area contributed by atoms with Crippen LogP contribution >= 0.6 is 22.9 Å². The average Bonchev–Trinajstić information content (AvgIpc) is 3.03. The molecule has 122 valence electrons. The van der Waals surface area contributed by atoms with Crippen molar-refractivity contribution >= 4 is 44.9 Å². The molecule has 0 saturated heterocycles. The fraction of sp³-hybridized carbons (Fsp3) is 0.111. The van der Waals surface area contributed by atoms with Crippen molar-refractivity contribution in [3.05, 3.63) is 70.1 Å². The average molecular weight is 360 g/mol. The van der Waals surface area contributed by atoms with Gasteiger partial charge < -0.3 is 10.1 Å². The summed E-state index contributed by atoms with van der Waals surface area (Å²) in [6.45, 7) is -0.0313. The first-order valence-electron chi connectivity index (χ1n) is 7.29. The molecule has 2 aromatic carbocycles. The van der Waals surface area contributed by atoms with Crippen LogP contribution < -0.4 is 5.32 Å². The Labute approximate surface area is 148 Å². The minimum absolute atomic E-state index is 0.291. The van der Waals surface area contributed by atoms with E-state index < -0.39 is 5.97 Å². The Bertz CT molecular complexity index is 858. The fourth-order valence-corrected chi connectivity index (χ4v) is 3.33. The van der Waals surface area contributed by atoms with Gasteiger partial charge in [-0.3, -0.25) is 4.79 Å². The van der Waals surface area contributed by atoms with Gasteiger partial charge in [-0.2, -0.15) is 0 Å². The monoisotopic (exact) mass is 359 g/mol. The third-order valence-corrected chi connectivity index (χ3v) is 4.86. The van der Waals surface area contributed by atoms with E-state index in [1.807, 2.05) is 42.5 Å². The summed E-state index contributed by atoms with van der Waals surface area (Å²) in [5, 5.41) is 4.24. The van der Waals surface area contributed by atoms with E-state index in [0.717, 1.165) is 15.6 Å². The largest absolute Gasteiger partial charge is 0.451 e. The number of thiophene rings is 1. The second kappa shape index (κ2) is 7.47. The number of benzene rings is 2. The summed E-state index contributed by atoms with van der Waals surface area (Å²) in [7, 11) is 0. The molecule has 24 heavy (non-hydrogen) atoms. The molecule has 4 nitrogen and oxygen atoms in total. The Hall–Kier alpha value is -2.37. The molecular weight excluding hydrogens is 346 g/mol. The minimum Gasteiger partial charge on any atom is -0.451 e. The SMILES string of the molecule is O=C(COC(=O)c1cc2ccccc2s1)NCc1ccccc1Cl. The topological polar surface area (TPSA) is 55.4 Å². The summed E-state index contributed by atoms with van der Waals surface area (Å²) in [4.78, 5) is 24.3. The Morgan fingerprint density at radius 1 is 1.08 bits per heavy atom. The zero-order chi connectivity index (χ0) is 16.9. The normalized spacial score (nSPS) is 10.5. The molecule has 1 aromatic heterocycles. The highest BCUT2D eigenvalue weighted by Gasteiger charge is 2.13. The Morgan fingerprint density at radius 2 is 1.83 bits per heavy atom. The molecular formula is C18H14ClNO3S. The lowest BCUT2D eigenvalue weighted by Gasteiger charge is -2.07. The number of fused-ring (bicyclic) bond motifs is 1. The molecule has 0 spiro atoms. The third kappa shape index (κ3) is 3.93. The van der Waals surface area contributed by atoms with Gasteiger partial charge in [-0.05, 0) is 29.1 Å². The maximum atomic E-state index is 12.0. The van der Waals surface area contributed by atoms with Gasteiger partial charge in [-0.1, -0.05) is 48.0 Å². The summed E-state index contributed by atoms with van der Waals surface area (Å²) in [5.74, 6) is -0.867. The molecule has 0 fully saturated rings. The summed E-state index contributed by atoms with van der Waals surface area (Å²) in [6, 6.07) is 16.7. The molecule has 0 aliphatic carbocycles. The standard InChI is InChI=1S/C18H14ClNO3S/c19-14-7-3-1-6-13(14)10-20-17(21)11-23-18(22)16-9-12-5-2-4-8-15(12)24-16/h1-9H,10-11H2,(H,20,21). The highest BCUT2D eigenvalue weighted by atomic mass is 35.5. The number of carbonyl (C=O) groups excluding carboxylic acids is 2. The Balaban J connectivity index is 1.52. The summed E-state index contributed by atoms with van der Waals surface area (Å²) >= 11 is 7.36. The molecule has 0 unspecified atom stereocenters. The van der Waals surface area contributed by atoms with Crippen LogP contribution in [-0.2, 0) is 16.1 Å². The van der Waals surface area contributed by atoms with Crippen LogP contribution in [0.4, 0.5) is 0 Å². The lowest BCUT2D eigenvalue weighted by Crippen LogP contribution is -2.28. The number of ether oxygens (including phenoxy) is 1. The van der Waals surface area contributed by atoms with Gasteiger partial charge in [0.05, 0.1) is 0 Å². The number of halogens is 1. The molecule has 0 radical (unpaired) electrons. The number of rotatable bonds is 5. The van der Waals surface area contributed by atoms with Crippen molar-refractivity contribution in [3.8, 4) is 0 Å².